The Morgan fingerprint density at radius 2 is 1.93 bits per heavy atom. The van der Waals surface area contributed by atoms with Gasteiger partial charge in [0, 0.05) is 41.6 Å². The van der Waals surface area contributed by atoms with E-state index in [1.165, 1.54) is 0 Å². The summed E-state index contributed by atoms with van der Waals surface area (Å²) in [5, 5.41) is 3.93. The van der Waals surface area contributed by atoms with E-state index in [2.05, 4.69) is 27.2 Å². The maximum atomic E-state index is 12.6. The van der Waals surface area contributed by atoms with Crippen LogP contribution >= 0.6 is 0 Å². The van der Waals surface area contributed by atoms with Gasteiger partial charge in [-0.15, -0.1) is 0 Å². The number of ether oxygens (including phenoxy) is 2. The van der Waals surface area contributed by atoms with Crippen molar-refractivity contribution in [2.45, 2.75) is 6.42 Å². The van der Waals surface area contributed by atoms with E-state index in [9.17, 15) is 4.79 Å². The Bertz CT molecular complexity index is 1080. The second kappa shape index (κ2) is 6.49. The van der Waals surface area contributed by atoms with Crippen molar-refractivity contribution in [3.63, 3.8) is 0 Å². The zero-order valence-electron chi connectivity index (χ0n) is 16.8. The first-order valence-corrected chi connectivity index (χ1v) is 9.73. The van der Waals surface area contributed by atoms with Crippen LogP contribution in [0.4, 0.5) is 5.82 Å². The van der Waals surface area contributed by atoms with E-state index in [4.69, 9.17) is 9.47 Å². The van der Waals surface area contributed by atoms with Crippen molar-refractivity contribution in [1.29, 1.82) is 0 Å². The van der Waals surface area contributed by atoms with Gasteiger partial charge < -0.3 is 24.7 Å². The number of likely N-dealkylation sites (tertiary alicyclic amines) is 1. The Kier molecular flexibility index (Phi) is 4.03. The van der Waals surface area contributed by atoms with E-state index in [1.807, 2.05) is 36.5 Å². The number of pyridine rings is 1. The third-order valence-corrected chi connectivity index (χ3v) is 6.16. The molecule has 0 bridgehead atoms. The number of nitrogens with one attached hydrogen (secondary N) is 2. The van der Waals surface area contributed by atoms with Gasteiger partial charge in [-0.05, 0) is 37.7 Å². The van der Waals surface area contributed by atoms with E-state index < -0.39 is 0 Å². The Balaban J connectivity index is 1.42. The number of methoxy groups -OCH3 is 2. The standard InChI is InChI=1S/C22H24N4O3/c1-26-11-22(12-26)9-15(22)21(27)25-18-8-7-13-14(10-23-20(13)24-18)19-16(28-2)5-4-6-17(19)29-3/h4-8,10,15H,9,11-12H2,1-3H3,(H2,23,24,25,27). The normalized spacial score (nSPS) is 19.8. The Morgan fingerprint density at radius 3 is 2.59 bits per heavy atom. The van der Waals surface area contributed by atoms with E-state index >= 15 is 0 Å². The van der Waals surface area contributed by atoms with Gasteiger partial charge in [-0.1, -0.05) is 6.07 Å². The van der Waals surface area contributed by atoms with Gasteiger partial charge in [0.2, 0.25) is 5.91 Å². The van der Waals surface area contributed by atoms with Crippen molar-refractivity contribution >= 4 is 22.8 Å². The number of nitrogens with zero attached hydrogens (tertiary/aromatic N) is 2. The summed E-state index contributed by atoms with van der Waals surface area (Å²) < 4.78 is 11.1. The molecule has 1 aliphatic heterocycles. The largest absolute Gasteiger partial charge is 0.496 e. The number of benzene rings is 1. The molecule has 7 heteroatoms. The molecule has 2 fully saturated rings. The number of hydrogen-bond acceptors (Lipinski definition) is 5. The van der Waals surface area contributed by atoms with Crippen molar-refractivity contribution in [3.05, 3.63) is 36.5 Å². The lowest BCUT2D eigenvalue weighted by molar-refractivity contribution is -0.119. The molecule has 1 saturated carbocycles. The molecule has 1 amide bonds. The summed E-state index contributed by atoms with van der Waals surface area (Å²) in [6.07, 6.45) is 2.87. The van der Waals surface area contributed by atoms with Crippen molar-refractivity contribution < 1.29 is 14.3 Å². The highest BCUT2D eigenvalue weighted by molar-refractivity contribution is 5.99. The molecule has 150 valence electrons. The van der Waals surface area contributed by atoms with Crippen LogP contribution in [0.1, 0.15) is 6.42 Å². The number of aromatic nitrogens is 2. The summed E-state index contributed by atoms with van der Waals surface area (Å²) in [7, 11) is 5.38. The van der Waals surface area contributed by atoms with Crippen LogP contribution in [0.2, 0.25) is 0 Å². The molecule has 3 heterocycles. The predicted octanol–water partition coefficient (Wildman–Crippen LogP) is 3.14. The lowest BCUT2D eigenvalue weighted by atomic mass is 9.94. The topological polar surface area (TPSA) is 79.5 Å². The summed E-state index contributed by atoms with van der Waals surface area (Å²) in [6.45, 7) is 2.02. The monoisotopic (exact) mass is 392 g/mol. The molecule has 3 aromatic rings. The van der Waals surface area contributed by atoms with E-state index in [0.717, 1.165) is 47.5 Å². The van der Waals surface area contributed by atoms with Gasteiger partial charge in [0.25, 0.3) is 0 Å². The molecule has 2 aromatic heterocycles. The predicted molar refractivity (Wildman–Crippen MR) is 111 cm³/mol. The fraction of sp³-hybridized carbons (Fsp3) is 0.364. The zero-order chi connectivity index (χ0) is 20.2. The number of H-pyrrole nitrogens is 1. The Morgan fingerprint density at radius 1 is 1.21 bits per heavy atom. The molecule has 2 aliphatic rings. The Hall–Kier alpha value is -3.06. The molecule has 1 atom stereocenters. The first kappa shape index (κ1) is 18.0. The van der Waals surface area contributed by atoms with Gasteiger partial charge in [0.1, 0.15) is 23.0 Å². The molecule has 1 aromatic carbocycles. The van der Waals surface area contributed by atoms with Crippen molar-refractivity contribution in [2.24, 2.45) is 11.3 Å². The maximum Gasteiger partial charge on any atom is 0.229 e. The summed E-state index contributed by atoms with van der Waals surface area (Å²) in [5.74, 6) is 2.20. The maximum absolute atomic E-state index is 12.6. The molecule has 1 saturated heterocycles. The number of rotatable bonds is 5. The second-order valence-electron chi connectivity index (χ2n) is 8.11. The summed E-state index contributed by atoms with van der Waals surface area (Å²) in [4.78, 5) is 22.7. The SMILES string of the molecule is COc1cccc(OC)c1-c1c[nH]c2nc(NC(=O)C3CC34CN(C)C4)ccc12. The molecule has 1 aliphatic carbocycles. The third-order valence-electron chi connectivity index (χ3n) is 6.16. The van der Waals surface area contributed by atoms with E-state index in [-0.39, 0.29) is 17.2 Å². The van der Waals surface area contributed by atoms with Gasteiger partial charge in [-0.3, -0.25) is 4.79 Å². The van der Waals surface area contributed by atoms with Gasteiger partial charge >= 0.3 is 0 Å². The first-order chi connectivity index (χ1) is 14.0. The zero-order valence-corrected chi connectivity index (χ0v) is 16.8. The number of aromatic amines is 1. The minimum absolute atomic E-state index is 0.0723. The molecular formula is C22H24N4O3. The fourth-order valence-electron chi connectivity index (χ4n) is 4.71. The average molecular weight is 392 g/mol. The highest BCUT2D eigenvalue weighted by Crippen LogP contribution is 2.58. The summed E-state index contributed by atoms with van der Waals surface area (Å²) in [5.41, 5.74) is 2.73. The molecule has 7 nitrogen and oxygen atoms in total. The number of amides is 1. The van der Waals surface area contributed by atoms with Gasteiger partial charge in [0.05, 0.1) is 19.8 Å². The molecule has 1 unspecified atom stereocenters. The summed E-state index contributed by atoms with van der Waals surface area (Å²) >= 11 is 0. The van der Waals surface area contributed by atoms with Crippen molar-refractivity contribution in [3.8, 4) is 22.6 Å². The van der Waals surface area contributed by atoms with Gasteiger partial charge in [0.15, 0.2) is 0 Å². The Labute approximate surface area is 169 Å². The highest BCUT2D eigenvalue weighted by atomic mass is 16.5. The first-order valence-electron chi connectivity index (χ1n) is 9.73. The number of hydrogen-bond donors (Lipinski definition) is 2. The third kappa shape index (κ3) is 2.84. The minimum Gasteiger partial charge on any atom is -0.496 e. The number of carbonyl (C=O) groups is 1. The highest BCUT2D eigenvalue weighted by Gasteiger charge is 2.63. The van der Waals surface area contributed by atoms with Crippen molar-refractivity contribution in [2.75, 3.05) is 39.7 Å². The lowest BCUT2D eigenvalue weighted by Gasteiger charge is -2.37. The van der Waals surface area contributed by atoms with Crippen LogP contribution < -0.4 is 14.8 Å². The second-order valence-corrected chi connectivity index (χ2v) is 8.11. The van der Waals surface area contributed by atoms with Crippen LogP contribution in [0.25, 0.3) is 22.2 Å². The summed E-state index contributed by atoms with van der Waals surface area (Å²) in [6, 6.07) is 9.52. The number of carbonyl (C=O) groups excluding carboxylic acids is 1. The number of fused-ring (bicyclic) bond motifs is 1. The average Bonchev–Trinajstić information content (AvgIpc) is 3.30. The van der Waals surface area contributed by atoms with Crippen LogP contribution in [0.15, 0.2) is 36.5 Å². The smallest absolute Gasteiger partial charge is 0.229 e. The quantitative estimate of drug-likeness (QED) is 0.697. The molecule has 1 spiro atoms. The van der Waals surface area contributed by atoms with Crippen LogP contribution in [0.3, 0.4) is 0 Å². The van der Waals surface area contributed by atoms with E-state index in [0.29, 0.717) is 11.5 Å². The van der Waals surface area contributed by atoms with Crippen LogP contribution in [-0.2, 0) is 4.79 Å². The molecule has 0 radical (unpaired) electrons. The minimum atomic E-state index is 0.0723. The van der Waals surface area contributed by atoms with Gasteiger partial charge in [-0.2, -0.15) is 0 Å². The molecular weight excluding hydrogens is 368 g/mol. The molecule has 29 heavy (non-hydrogen) atoms. The van der Waals surface area contributed by atoms with Crippen molar-refractivity contribution in [1.82, 2.24) is 14.9 Å². The molecule has 5 rings (SSSR count). The molecule has 2 N–H and O–H groups in total. The lowest BCUT2D eigenvalue weighted by Crippen LogP contribution is -2.47. The van der Waals surface area contributed by atoms with Crippen LogP contribution in [0.5, 0.6) is 11.5 Å². The van der Waals surface area contributed by atoms with Crippen LogP contribution in [-0.4, -0.2) is 55.1 Å². The fourth-order valence-corrected chi connectivity index (χ4v) is 4.71. The van der Waals surface area contributed by atoms with Crippen LogP contribution in [0, 0.1) is 11.3 Å². The van der Waals surface area contributed by atoms with E-state index in [1.54, 1.807) is 14.2 Å². The number of anilines is 1. The van der Waals surface area contributed by atoms with Gasteiger partial charge in [-0.25, -0.2) is 4.98 Å².